The maximum absolute atomic E-state index is 9.16. The fraction of sp³-hybridized carbons (Fsp3) is 0.267. The van der Waals surface area contributed by atoms with Crippen molar-refractivity contribution in [1.82, 2.24) is 23.2 Å². The van der Waals surface area contributed by atoms with Crippen LogP contribution in [-0.2, 0) is 72.4 Å². The maximum Gasteiger partial charge on any atom is 0.295 e. The molecule has 0 bridgehead atoms. The predicted octanol–water partition coefficient (Wildman–Crippen LogP) is 21.8. The van der Waals surface area contributed by atoms with E-state index in [9.17, 15) is 0 Å². The zero-order chi connectivity index (χ0) is 99.1. The number of fused-ring (bicyclic) bond motifs is 15. The van der Waals surface area contributed by atoms with Gasteiger partial charge < -0.3 is 8.80 Å². The molecule has 0 saturated heterocycles. The number of aromatic nitrogens is 6. The van der Waals surface area contributed by atoms with Crippen LogP contribution in [0.3, 0.4) is 0 Å². The summed E-state index contributed by atoms with van der Waals surface area (Å²) in [6.45, 7) is -38.9. The van der Waals surface area contributed by atoms with E-state index in [1.165, 1.54) is 53.2 Å². The number of nitrogens with zero attached hydrogens (tertiary/aromatic N) is 6. The van der Waals surface area contributed by atoms with Crippen molar-refractivity contribution in [3.8, 4) is 33.8 Å². The Hall–Kier alpha value is -8.09. The van der Waals surface area contributed by atoms with Crippen LogP contribution in [0.4, 0.5) is 0 Å². The molecule has 2 atom stereocenters. The largest absolute Gasteiger partial charge is 0.333 e. The molecule has 2 radical (unpaired) electrons. The Labute approximate surface area is 640 Å². The summed E-state index contributed by atoms with van der Waals surface area (Å²) in [7, 11) is 0. The number of hydrogen-bond donors (Lipinski definition) is 0. The van der Waals surface area contributed by atoms with Crippen LogP contribution in [-0.4, -0.2) is 23.2 Å². The van der Waals surface area contributed by atoms with Gasteiger partial charge in [0, 0.05) is 154 Å². The minimum absolute atomic E-state index is 0. The minimum Gasteiger partial charge on any atom is -0.333 e. The first-order chi connectivity index (χ1) is 61.5. The van der Waals surface area contributed by atoms with E-state index in [4.69, 9.17) is 57.6 Å². The number of para-hydroxylation sites is 3. The third kappa shape index (κ3) is 11.8. The van der Waals surface area contributed by atoms with Crippen LogP contribution in [0.1, 0.15) is 191 Å². The topological polar surface area (TPSA) is 42.9 Å². The Morgan fingerprint density at radius 2 is 0.883 bits per heavy atom. The molecule has 94 heavy (non-hydrogen) atoms. The van der Waals surface area contributed by atoms with E-state index in [1.807, 2.05) is 87.8 Å². The molecular weight excluding hydrogens is 1500 g/mol. The fourth-order valence-corrected chi connectivity index (χ4v) is 13.4. The second-order valence-corrected chi connectivity index (χ2v) is 22.6. The van der Waals surface area contributed by atoms with E-state index < -0.39 is 160 Å². The molecule has 15 aromatic rings. The third-order valence-corrected chi connectivity index (χ3v) is 16.9. The van der Waals surface area contributed by atoms with Gasteiger partial charge in [0.15, 0.2) is 5.69 Å². The molecule has 478 valence electrons. The van der Waals surface area contributed by atoms with Gasteiger partial charge in [-0.25, -0.2) is 4.57 Å². The molecule has 1 aliphatic heterocycles. The van der Waals surface area contributed by atoms with E-state index in [0.717, 1.165) is 67.2 Å². The van der Waals surface area contributed by atoms with Crippen LogP contribution < -0.4 is 4.57 Å². The normalized spacial score (nSPS) is 21.5. The number of hydrogen-bond acceptors (Lipinski definition) is 2. The summed E-state index contributed by atoms with van der Waals surface area (Å²) in [5.41, 5.74) is 3.34. The van der Waals surface area contributed by atoms with Gasteiger partial charge in [0.1, 0.15) is 18.3 Å². The second-order valence-electron chi connectivity index (χ2n) is 22.6. The molecule has 2 unspecified atom stereocenters. The van der Waals surface area contributed by atoms with E-state index in [-0.39, 0.29) is 90.6 Å². The number of rotatable bonds is 13. The van der Waals surface area contributed by atoms with Gasteiger partial charge in [0.2, 0.25) is 0 Å². The van der Waals surface area contributed by atoms with Crippen LogP contribution in [0.2, 0.25) is 0 Å². The van der Waals surface area contributed by atoms with Crippen molar-refractivity contribution in [2.24, 2.45) is 23.6 Å². The zero-order valence-corrected chi connectivity index (χ0v) is 54.6. The van der Waals surface area contributed by atoms with Crippen LogP contribution in [0.5, 0.6) is 0 Å². The van der Waals surface area contributed by atoms with Gasteiger partial charge in [0.05, 0.1) is 28.1 Å². The van der Waals surface area contributed by atoms with Crippen LogP contribution in [0.15, 0.2) is 201 Å². The van der Waals surface area contributed by atoms with Crippen LogP contribution in [0.25, 0.3) is 116 Å². The van der Waals surface area contributed by atoms with Crippen LogP contribution >= 0.6 is 0 Å². The second kappa shape index (κ2) is 27.3. The summed E-state index contributed by atoms with van der Waals surface area (Å²) in [4.78, 5) is 9.15. The van der Waals surface area contributed by atoms with Crippen molar-refractivity contribution < 1.29 is 102 Å². The van der Waals surface area contributed by atoms with Crippen molar-refractivity contribution in [2.75, 3.05) is 0 Å². The van der Waals surface area contributed by atoms with E-state index in [1.54, 1.807) is 59.1 Å². The molecule has 6 aromatic heterocycles. The van der Waals surface area contributed by atoms with Gasteiger partial charge in [-0.05, 0) is 123 Å². The number of benzene rings is 9. The first-order valence-corrected chi connectivity index (χ1v) is 29.5. The molecule has 6 nitrogen and oxygen atoms in total. The number of imidazole rings is 3. The molecule has 1 aliphatic rings. The molecule has 0 spiro atoms. The molecule has 0 N–H and O–H groups in total. The average Bonchev–Trinajstić information content (AvgIpc) is 1.53. The van der Waals surface area contributed by atoms with E-state index >= 15 is 0 Å². The molecule has 0 saturated carbocycles. The smallest absolute Gasteiger partial charge is 0.295 e. The van der Waals surface area contributed by atoms with Crippen molar-refractivity contribution in [1.29, 1.82) is 0 Å². The Bertz CT molecular complexity index is 6820. The Kier molecular flexibility index (Phi) is 9.33. The zero-order valence-electron chi connectivity index (χ0n) is 91.8. The predicted molar refractivity (Wildman–Crippen MR) is 388 cm³/mol. The molecule has 0 aliphatic carbocycles. The van der Waals surface area contributed by atoms with E-state index in [2.05, 4.69) is 22.1 Å². The van der Waals surface area contributed by atoms with Gasteiger partial charge in [-0.15, -0.1) is 59.3 Å². The average molecular weight is 1630 g/mol. The number of pyridine rings is 3. The minimum atomic E-state index is -3.50. The molecule has 7 heterocycles. The van der Waals surface area contributed by atoms with Gasteiger partial charge in [-0.2, -0.15) is 4.40 Å². The van der Waals surface area contributed by atoms with Crippen molar-refractivity contribution in [3.63, 3.8) is 0 Å². The van der Waals surface area contributed by atoms with E-state index in [0.29, 0.717) is 45.1 Å². The molecule has 0 fully saturated rings. The summed E-state index contributed by atoms with van der Waals surface area (Å²) < 4.78 is 352. The molecule has 8 heteroatoms. The van der Waals surface area contributed by atoms with Crippen molar-refractivity contribution in [2.45, 2.75) is 126 Å². The van der Waals surface area contributed by atoms with Gasteiger partial charge in [0.25, 0.3) is 5.65 Å². The Morgan fingerprint density at radius 1 is 0.447 bits per heavy atom. The maximum atomic E-state index is 9.16. The Morgan fingerprint density at radius 3 is 1.39 bits per heavy atom. The first kappa shape index (κ1) is 32.1. The third-order valence-electron chi connectivity index (χ3n) is 16.9. The van der Waals surface area contributed by atoms with Crippen LogP contribution in [0, 0.1) is 35.8 Å². The Balaban J connectivity index is 0.000000182. The summed E-state index contributed by atoms with van der Waals surface area (Å²) in [5.74, 6) is -17.0. The standard InChI is InChI=1S/C30H31N2.C29H29N2.C27H25N2.2Ir/c1-19(2)15-21-9-7-10-22(16-20(3)4)28(21)27-18-31-17-23-11-8-13-25-24-12-5-6-14-26(24)32(27)30(31)29(23)25;1-19(2)16-21-10-9-11-22(17-20(3)4)28(21)27-18-30-29-25-14-6-5-12-23(25)24-13-7-8-15-26(24)31(27)29;1-17(2)19-13-9-14-20(18(3)4)26(19)25-16-28-27-23-12-6-5-10-21(23)22-11-7-8-15-24(22)29(25)27;;/h5-14,18-20H,15-17H2,1-4H3;5-13,15,18-20H,16-17H2,1-4H3;5-11,13-18H,1-4H3;;/q+1;2*-1;;/i1D3,2D3,3D3,4D3,15D,16D;1D3,2D3,3D3,4D3,19D,20D;1D3,2D3,3D3,4D3,17D,18D;;. The first-order valence-electron chi connectivity index (χ1n) is 50.7. The molecular formula is C86H85Ir2N6-. The summed E-state index contributed by atoms with van der Waals surface area (Å²) in [5, 5.41) is 7.10. The summed E-state index contributed by atoms with van der Waals surface area (Å²) in [6, 6.07) is 56.7. The SMILES string of the molecule is [2H]C([2H])([2H])C([2H])(Cc1cccc(CC([2H])(C([2H])([2H])[2H])C([2H])([2H])[2H])c1-c1cnc2c3[c-]cccc3c3ccccc3n12)C([2H])([2H])[2H].[2H]C([2H])([2H])C([2H])(c1cccc(C([2H])(C([2H])([2H])[2H])C([2H])([2H])[2H])c1-c1cnc2c3[c-]cccc3c3ccccc3n12)C([2H])([2H])[2H].[2H]C(c1cccc(C([2H])C(C([2H])([2H])[2H])C([2H])([2H])[2H])c1-c1c[n+]2c3c4c(cccc4c4ccccc4n13)C2)C(C([2H])([2H])[2H])C([2H])([2H])[2H].[Ir].[Ir]. The van der Waals surface area contributed by atoms with Crippen molar-refractivity contribution in [3.05, 3.63) is 252 Å². The fourth-order valence-electron chi connectivity index (χ4n) is 13.4. The van der Waals surface area contributed by atoms with Crippen molar-refractivity contribution >= 4 is 82.0 Å². The molecule has 16 rings (SSSR count). The molecule has 0 amide bonds. The van der Waals surface area contributed by atoms with Gasteiger partial charge >= 0.3 is 0 Å². The van der Waals surface area contributed by atoms with Gasteiger partial charge in [-0.3, -0.25) is 9.97 Å². The van der Waals surface area contributed by atoms with Gasteiger partial charge in [-0.1, -0.05) is 220 Å². The summed E-state index contributed by atoms with van der Waals surface area (Å²) in [6.07, 6.45) is -0.917. The summed E-state index contributed by atoms with van der Waals surface area (Å²) >= 11 is 0. The quantitative estimate of drug-likeness (QED) is 0.0656. The monoisotopic (exact) mass is 1630 g/mol. The molecule has 9 aromatic carbocycles.